The van der Waals surface area contributed by atoms with E-state index in [2.05, 4.69) is 15.2 Å². The highest BCUT2D eigenvalue weighted by atomic mass is 35.5. The number of rotatable bonds is 5. The molecule has 1 N–H and O–H groups in total. The van der Waals surface area contributed by atoms with Crippen molar-refractivity contribution in [1.82, 2.24) is 15.2 Å². The second-order valence-electron chi connectivity index (χ2n) is 5.75. The molecule has 1 fully saturated rings. The summed E-state index contributed by atoms with van der Waals surface area (Å²) in [6.45, 7) is 2.83. The van der Waals surface area contributed by atoms with Gasteiger partial charge in [0.05, 0.1) is 19.3 Å². The Bertz CT molecular complexity index is 681. The Kier molecular flexibility index (Phi) is 5.80. The first-order valence-electron chi connectivity index (χ1n) is 7.96. The van der Waals surface area contributed by atoms with Crippen LogP contribution in [0.25, 0.3) is 0 Å². The Morgan fingerprint density at radius 1 is 1.33 bits per heavy atom. The molecule has 2 heterocycles. The van der Waals surface area contributed by atoms with Gasteiger partial charge in [-0.25, -0.2) is 0 Å². The van der Waals surface area contributed by atoms with Crippen LogP contribution in [-0.4, -0.2) is 42.0 Å². The van der Waals surface area contributed by atoms with Crippen LogP contribution in [0.4, 0.5) is 0 Å². The maximum absolute atomic E-state index is 12.2. The third-order valence-electron chi connectivity index (χ3n) is 3.98. The van der Waals surface area contributed by atoms with Crippen LogP contribution >= 0.6 is 11.6 Å². The Morgan fingerprint density at radius 2 is 2.21 bits per heavy atom. The zero-order valence-electron chi connectivity index (χ0n) is 13.3. The SMILES string of the molecule is O=C(CN1CCOC(c2ccccc2Cl)C1)NCc1cccnc1. The molecular weight excluding hydrogens is 326 g/mol. The van der Waals surface area contributed by atoms with Gasteiger partial charge >= 0.3 is 0 Å². The average Bonchev–Trinajstić information content (AvgIpc) is 2.61. The molecule has 126 valence electrons. The predicted molar refractivity (Wildman–Crippen MR) is 92.7 cm³/mol. The van der Waals surface area contributed by atoms with Crippen molar-refractivity contribution in [1.29, 1.82) is 0 Å². The largest absolute Gasteiger partial charge is 0.371 e. The van der Waals surface area contributed by atoms with Gasteiger partial charge in [0.2, 0.25) is 5.91 Å². The van der Waals surface area contributed by atoms with Crippen molar-refractivity contribution in [2.45, 2.75) is 12.6 Å². The zero-order valence-corrected chi connectivity index (χ0v) is 14.1. The van der Waals surface area contributed by atoms with Gasteiger partial charge in [0, 0.05) is 42.6 Å². The molecule has 1 saturated heterocycles. The number of amides is 1. The highest BCUT2D eigenvalue weighted by Crippen LogP contribution is 2.28. The van der Waals surface area contributed by atoms with E-state index in [1.165, 1.54) is 0 Å². The molecule has 1 aromatic heterocycles. The number of nitrogens with zero attached hydrogens (tertiary/aromatic N) is 2. The highest BCUT2D eigenvalue weighted by molar-refractivity contribution is 6.31. The van der Waals surface area contributed by atoms with E-state index in [1.54, 1.807) is 12.4 Å². The quantitative estimate of drug-likeness (QED) is 0.904. The van der Waals surface area contributed by atoms with Gasteiger partial charge in [-0.2, -0.15) is 0 Å². The first kappa shape index (κ1) is 16.9. The molecule has 1 aromatic carbocycles. The van der Waals surface area contributed by atoms with Gasteiger partial charge in [0.25, 0.3) is 0 Å². The van der Waals surface area contributed by atoms with Crippen LogP contribution < -0.4 is 5.32 Å². The van der Waals surface area contributed by atoms with Crippen molar-refractivity contribution in [2.75, 3.05) is 26.2 Å². The summed E-state index contributed by atoms with van der Waals surface area (Å²) in [6, 6.07) is 11.5. The van der Waals surface area contributed by atoms with E-state index < -0.39 is 0 Å². The standard InChI is InChI=1S/C18H20ClN3O2/c19-16-6-2-1-5-15(16)17-12-22(8-9-24-17)13-18(23)21-11-14-4-3-7-20-10-14/h1-7,10,17H,8-9,11-13H2,(H,21,23). The van der Waals surface area contributed by atoms with Crippen molar-refractivity contribution in [2.24, 2.45) is 0 Å². The number of morpholine rings is 1. The molecule has 0 saturated carbocycles. The number of pyridine rings is 1. The predicted octanol–water partition coefficient (Wildman–Crippen LogP) is 2.42. The van der Waals surface area contributed by atoms with E-state index in [4.69, 9.17) is 16.3 Å². The number of ether oxygens (including phenoxy) is 1. The fourth-order valence-electron chi connectivity index (χ4n) is 2.73. The Labute approximate surface area is 146 Å². The number of carbonyl (C=O) groups excluding carboxylic acids is 1. The number of aromatic nitrogens is 1. The molecule has 0 aliphatic carbocycles. The maximum Gasteiger partial charge on any atom is 0.234 e. The van der Waals surface area contributed by atoms with E-state index in [-0.39, 0.29) is 12.0 Å². The molecule has 1 amide bonds. The molecule has 1 unspecified atom stereocenters. The summed E-state index contributed by atoms with van der Waals surface area (Å²) in [7, 11) is 0. The lowest BCUT2D eigenvalue weighted by Crippen LogP contribution is -2.44. The molecular formula is C18H20ClN3O2. The Morgan fingerprint density at radius 3 is 3.00 bits per heavy atom. The Balaban J connectivity index is 1.52. The minimum Gasteiger partial charge on any atom is -0.371 e. The smallest absolute Gasteiger partial charge is 0.234 e. The van der Waals surface area contributed by atoms with Crippen molar-refractivity contribution >= 4 is 17.5 Å². The third-order valence-corrected chi connectivity index (χ3v) is 4.33. The number of carbonyl (C=O) groups is 1. The lowest BCUT2D eigenvalue weighted by atomic mass is 10.1. The maximum atomic E-state index is 12.2. The van der Waals surface area contributed by atoms with E-state index >= 15 is 0 Å². The number of hydrogen-bond donors (Lipinski definition) is 1. The fourth-order valence-corrected chi connectivity index (χ4v) is 2.99. The summed E-state index contributed by atoms with van der Waals surface area (Å²) in [4.78, 5) is 18.3. The molecule has 0 bridgehead atoms. The minimum absolute atomic E-state index is 0.00124. The summed E-state index contributed by atoms with van der Waals surface area (Å²) in [5, 5.41) is 3.62. The Hall–Kier alpha value is -1.95. The van der Waals surface area contributed by atoms with Crippen LogP contribution in [0, 0.1) is 0 Å². The third kappa shape index (κ3) is 4.54. The average molecular weight is 346 g/mol. The van der Waals surface area contributed by atoms with Gasteiger partial charge in [-0.1, -0.05) is 35.9 Å². The topological polar surface area (TPSA) is 54.5 Å². The van der Waals surface area contributed by atoms with Crippen LogP contribution in [0.1, 0.15) is 17.2 Å². The van der Waals surface area contributed by atoms with Crippen LogP contribution in [0.2, 0.25) is 5.02 Å². The number of halogens is 1. The molecule has 24 heavy (non-hydrogen) atoms. The first-order valence-corrected chi connectivity index (χ1v) is 8.34. The number of hydrogen-bond acceptors (Lipinski definition) is 4. The molecule has 3 rings (SSSR count). The van der Waals surface area contributed by atoms with E-state index in [0.29, 0.717) is 31.3 Å². The zero-order chi connectivity index (χ0) is 16.8. The van der Waals surface area contributed by atoms with Crippen LogP contribution in [0.5, 0.6) is 0 Å². The van der Waals surface area contributed by atoms with Gasteiger partial charge in [-0.05, 0) is 17.7 Å². The second-order valence-corrected chi connectivity index (χ2v) is 6.16. The number of benzene rings is 1. The summed E-state index contributed by atoms with van der Waals surface area (Å²) >= 11 is 6.24. The van der Waals surface area contributed by atoms with Crippen molar-refractivity contribution in [3.05, 3.63) is 64.9 Å². The normalized spacial score (nSPS) is 18.3. The van der Waals surface area contributed by atoms with Gasteiger partial charge < -0.3 is 10.1 Å². The minimum atomic E-state index is -0.0985. The molecule has 1 aliphatic heterocycles. The van der Waals surface area contributed by atoms with Gasteiger partial charge in [0.15, 0.2) is 0 Å². The number of nitrogens with one attached hydrogen (secondary N) is 1. The highest BCUT2D eigenvalue weighted by Gasteiger charge is 2.24. The summed E-state index contributed by atoms with van der Waals surface area (Å²) in [5.41, 5.74) is 1.96. The second kappa shape index (κ2) is 8.24. The van der Waals surface area contributed by atoms with Crippen molar-refractivity contribution < 1.29 is 9.53 Å². The van der Waals surface area contributed by atoms with Gasteiger partial charge in [-0.15, -0.1) is 0 Å². The van der Waals surface area contributed by atoms with E-state index in [1.807, 2.05) is 36.4 Å². The van der Waals surface area contributed by atoms with Crippen molar-refractivity contribution in [3.8, 4) is 0 Å². The molecule has 2 aromatic rings. The summed E-state index contributed by atoms with van der Waals surface area (Å²) in [6.07, 6.45) is 3.37. The van der Waals surface area contributed by atoms with Gasteiger partial charge in [-0.3, -0.25) is 14.7 Å². The molecule has 0 radical (unpaired) electrons. The summed E-state index contributed by atoms with van der Waals surface area (Å²) in [5.74, 6) is -0.00124. The molecule has 1 atom stereocenters. The molecule has 1 aliphatic rings. The van der Waals surface area contributed by atoms with E-state index in [0.717, 1.165) is 17.7 Å². The molecule has 6 heteroatoms. The molecule has 0 spiro atoms. The van der Waals surface area contributed by atoms with Crippen molar-refractivity contribution in [3.63, 3.8) is 0 Å². The summed E-state index contributed by atoms with van der Waals surface area (Å²) < 4.78 is 5.82. The van der Waals surface area contributed by atoms with Crippen LogP contribution in [0.15, 0.2) is 48.8 Å². The van der Waals surface area contributed by atoms with E-state index in [9.17, 15) is 4.79 Å². The van der Waals surface area contributed by atoms with Gasteiger partial charge in [0.1, 0.15) is 0 Å². The fraction of sp³-hybridized carbons (Fsp3) is 0.333. The monoisotopic (exact) mass is 345 g/mol. The molecule has 5 nitrogen and oxygen atoms in total. The lowest BCUT2D eigenvalue weighted by molar-refractivity contribution is -0.124. The van der Waals surface area contributed by atoms with Crippen LogP contribution in [-0.2, 0) is 16.1 Å². The first-order chi connectivity index (χ1) is 11.7. The lowest BCUT2D eigenvalue weighted by Gasteiger charge is -2.33. The van der Waals surface area contributed by atoms with Crippen LogP contribution in [0.3, 0.4) is 0 Å².